The average molecular weight is 377 g/mol. The first kappa shape index (κ1) is 18.8. The summed E-state index contributed by atoms with van der Waals surface area (Å²) in [6.07, 6.45) is 0. The van der Waals surface area contributed by atoms with Gasteiger partial charge in [-0.25, -0.2) is 13.6 Å². The highest BCUT2D eigenvalue weighted by molar-refractivity contribution is 6.01. The van der Waals surface area contributed by atoms with E-state index in [0.717, 1.165) is 12.1 Å². The van der Waals surface area contributed by atoms with Crippen molar-refractivity contribution in [2.75, 3.05) is 6.54 Å². The second kappa shape index (κ2) is 6.64. The maximum atomic E-state index is 14.4. The van der Waals surface area contributed by atoms with Crippen molar-refractivity contribution in [1.82, 2.24) is 20.0 Å². The molecule has 2 aromatic rings. The van der Waals surface area contributed by atoms with Gasteiger partial charge in [0.1, 0.15) is 17.3 Å². The number of carbonyl (C=O) groups excluding carboxylic acids is 2. The number of halogens is 2. The zero-order valence-electron chi connectivity index (χ0n) is 15.3. The van der Waals surface area contributed by atoms with Gasteiger partial charge in [0.2, 0.25) is 0 Å². The molecule has 7 nitrogen and oxygen atoms in total. The lowest BCUT2D eigenvalue weighted by atomic mass is 10.0. The number of benzene rings is 1. The number of urea groups is 1. The first-order chi connectivity index (χ1) is 12.6. The number of rotatable bonds is 2. The molecule has 3 rings (SSSR count). The summed E-state index contributed by atoms with van der Waals surface area (Å²) in [5.74, 6) is -1.99. The third kappa shape index (κ3) is 3.76. The van der Waals surface area contributed by atoms with Crippen LogP contribution in [0.2, 0.25) is 0 Å². The Labute approximate surface area is 155 Å². The molecule has 3 amide bonds. The first-order valence-electron chi connectivity index (χ1n) is 8.49. The lowest BCUT2D eigenvalue weighted by Crippen LogP contribution is -2.44. The van der Waals surface area contributed by atoms with Gasteiger partial charge in [0, 0.05) is 23.7 Å². The van der Waals surface area contributed by atoms with Crippen LogP contribution in [0.5, 0.6) is 0 Å². The van der Waals surface area contributed by atoms with Crippen molar-refractivity contribution >= 4 is 11.9 Å². The van der Waals surface area contributed by atoms with Gasteiger partial charge in [-0.05, 0) is 32.9 Å². The molecule has 0 saturated carbocycles. The van der Waals surface area contributed by atoms with Crippen LogP contribution in [0.15, 0.2) is 18.2 Å². The van der Waals surface area contributed by atoms with Crippen LogP contribution in [-0.4, -0.2) is 38.7 Å². The van der Waals surface area contributed by atoms with E-state index in [1.165, 1.54) is 11.0 Å². The summed E-state index contributed by atoms with van der Waals surface area (Å²) in [4.78, 5) is 25.9. The molecule has 0 radical (unpaired) electrons. The van der Waals surface area contributed by atoms with Crippen LogP contribution >= 0.6 is 0 Å². The van der Waals surface area contributed by atoms with Crippen molar-refractivity contribution in [3.63, 3.8) is 0 Å². The second-order valence-corrected chi connectivity index (χ2v) is 7.48. The van der Waals surface area contributed by atoms with Crippen LogP contribution < -0.4 is 11.1 Å². The van der Waals surface area contributed by atoms with Crippen molar-refractivity contribution in [1.29, 1.82) is 0 Å². The molecule has 1 aromatic carbocycles. The summed E-state index contributed by atoms with van der Waals surface area (Å²) in [5.41, 5.74) is 5.56. The Kier molecular flexibility index (Phi) is 4.63. The van der Waals surface area contributed by atoms with E-state index in [1.54, 1.807) is 4.68 Å². The van der Waals surface area contributed by atoms with Gasteiger partial charge in [0.15, 0.2) is 0 Å². The van der Waals surface area contributed by atoms with Gasteiger partial charge in [0.05, 0.1) is 24.3 Å². The number of amides is 3. The zero-order chi connectivity index (χ0) is 19.9. The second-order valence-electron chi connectivity index (χ2n) is 7.48. The Bertz CT molecular complexity index is 917. The molecule has 0 spiro atoms. The minimum absolute atomic E-state index is 0.0167. The Balaban J connectivity index is 2.16. The number of fused-ring (bicyclic) bond motifs is 1. The molecule has 0 unspecified atom stereocenters. The molecule has 144 valence electrons. The Hall–Kier alpha value is -2.97. The molecule has 0 saturated heterocycles. The van der Waals surface area contributed by atoms with Crippen LogP contribution in [0.4, 0.5) is 13.6 Å². The molecule has 2 heterocycles. The Morgan fingerprint density at radius 1 is 1.22 bits per heavy atom. The normalized spacial score (nSPS) is 14.0. The van der Waals surface area contributed by atoms with Gasteiger partial charge in [-0.15, -0.1) is 0 Å². The lowest BCUT2D eigenvalue weighted by molar-refractivity contribution is 0.0916. The molecule has 0 bridgehead atoms. The quantitative estimate of drug-likeness (QED) is 0.841. The summed E-state index contributed by atoms with van der Waals surface area (Å²) < 4.78 is 29.3. The molecular weight excluding hydrogens is 356 g/mol. The minimum atomic E-state index is -0.818. The van der Waals surface area contributed by atoms with E-state index in [9.17, 15) is 18.4 Å². The number of aromatic nitrogens is 2. The van der Waals surface area contributed by atoms with Crippen LogP contribution in [0, 0.1) is 11.6 Å². The van der Waals surface area contributed by atoms with Gasteiger partial charge in [-0.1, -0.05) is 0 Å². The fourth-order valence-corrected chi connectivity index (χ4v) is 3.02. The molecule has 0 atom stereocenters. The predicted molar refractivity (Wildman–Crippen MR) is 94.8 cm³/mol. The summed E-state index contributed by atoms with van der Waals surface area (Å²) in [5, 5.41) is 7.20. The van der Waals surface area contributed by atoms with Gasteiger partial charge >= 0.3 is 6.03 Å². The van der Waals surface area contributed by atoms with Gasteiger partial charge < -0.3 is 16.0 Å². The van der Waals surface area contributed by atoms with E-state index in [2.05, 4.69) is 10.4 Å². The maximum absolute atomic E-state index is 14.4. The summed E-state index contributed by atoms with van der Waals surface area (Å²) in [6.45, 7) is 6.17. The largest absolute Gasteiger partial charge is 0.351 e. The topological polar surface area (TPSA) is 93.2 Å². The number of hydrogen-bond acceptors (Lipinski definition) is 3. The third-order valence-corrected chi connectivity index (χ3v) is 4.19. The highest BCUT2D eigenvalue weighted by Crippen LogP contribution is 2.31. The number of nitrogens with two attached hydrogens (primary N) is 1. The number of carbonyl (C=O) groups is 2. The van der Waals surface area contributed by atoms with Crippen molar-refractivity contribution in [3.8, 4) is 11.3 Å². The van der Waals surface area contributed by atoms with Gasteiger partial charge in [0.25, 0.3) is 5.91 Å². The summed E-state index contributed by atoms with van der Waals surface area (Å²) in [6, 6.07) is 2.49. The molecule has 0 aliphatic carbocycles. The minimum Gasteiger partial charge on any atom is -0.351 e. The van der Waals surface area contributed by atoms with E-state index < -0.39 is 29.1 Å². The smallest absolute Gasteiger partial charge is 0.315 e. The molecule has 1 aliphatic heterocycles. The van der Waals surface area contributed by atoms with Gasteiger partial charge in [-0.2, -0.15) is 5.10 Å². The maximum Gasteiger partial charge on any atom is 0.315 e. The SMILES string of the molecule is CC(C)(C)NC(=O)c1c(-c2ccc(F)cc2F)nn2c1CN(C(N)=O)CC2. The lowest BCUT2D eigenvalue weighted by Gasteiger charge is -2.27. The monoisotopic (exact) mass is 377 g/mol. The van der Waals surface area contributed by atoms with E-state index >= 15 is 0 Å². The molecular formula is C18H21F2N5O2. The van der Waals surface area contributed by atoms with Crippen molar-refractivity contribution < 1.29 is 18.4 Å². The molecule has 3 N–H and O–H groups in total. The van der Waals surface area contributed by atoms with Gasteiger partial charge in [-0.3, -0.25) is 9.48 Å². The number of nitrogens with one attached hydrogen (secondary N) is 1. The third-order valence-electron chi connectivity index (χ3n) is 4.19. The molecule has 1 aromatic heterocycles. The molecule has 9 heteroatoms. The summed E-state index contributed by atoms with van der Waals surface area (Å²) >= 11 is 0. The zero-order valence-corrected chi connectivity index (χ0v) is 15.3. The number of primary amides is 1. The highest BCUT2D eigenvalue weighted by Gasteiger charge is 2.32. The Morgan fingerprint density at radius 2 is 1.93 bits per heavy atom. The van der Waals surface area contributed by atoms with Crippen molar-refractivity contribution in [2.24, 2.45) is 5.73 Å². The molecule has 0 fully saturated rings. The van der Waals surface area contributed by atoms with Crippen LogP contribution in [0.1, 0.15) is 36.8 Å². The number of hydrogen-bond donors (Lipinski definition) is 2. The number of nitrogens with zero attached hydrogens (tertiary/aromatic N) is 3. The predicted octanol–water partition coefficient (Wildman–Crippen LogP) is 2.25. The standard InChI is InChI=1S/C18H21F2N5O2/c1-18(2,3)22-16(26)14-13-9-24(17(21)27)6-7-25(13)23-15(14)11-5-4-10(19)8-12(11)20/h4-5,8H,6-7,9H2,1-3H3,(H2,21,27)(H,22,26). The van der Waals surface area contributed by atoms with E-state index in [1.807, 2.05) is 20.8 Å². The van der Waals surface area contributed by atoms with Crippen molar-refractivity contribution in [3.05, 3.63) is 41.1 Å². The average Bonchev–Trinajstić information content (AvgIpc) is 2.91. The van der Waals surface area contributed by atoms with E-state index in [-0.39, 0.29) is 23.4 Å². The van der Waals surface area contributed by atoms with E-state index in [0.29, 0.717) is 18.8 Å². The van der Waals surface area contributed by atoms with E-state index in [4.69, 9.17) is 5.73 Å². The highest BCUT2D eigenvalue weighted by atomic mass is 19.1. The summed E-state index contributed by atoms with van der Waals surface area (Å²) in [7, 11) is 0. The fourth-order valence-electron chi connectivity index (χ4n) is 3.02. The molecule has 27 heavy (non-hydrogen) atoms. The Morgan fingerprint density at radius 3 is 2.52 bits per heavy atom. The van der Waals surface area contributed by atoms with Crippen LogP contribution in [0.3, 0.4) is 0 Å². The van der Waals surface area contributed by atoms with Crippen LogP contribution in [0.25, 0.3) is 11.3 Å². The molecule has 1 aliphatic rings. The van der Waals surface area contributed by atoms with Crippen LogP contribution in [-0.2, 0) is 13.1 Å². The van der Waals surface area contributed by atoms with Crippen molar-refractivity contribution in [2.45, 2.75) is 39.4 Å². The fraction of sp³-hybridized carbons (Fsp3) is 0.389. The first-order valence-corrected chi connectivity index (χ1v) is 8.49.